The third-order valence-corrected chi connectivity index (χ3v) is 12.1. The first-order chi connectivity index (χ1) is 20.0. The molecular formula is C32H25ClN2O4S2. The molecule has 6 nitrogen and oxygen atoms in total. The van der Waals surface area contributed by atoms with Gasteiger partial charge >= 0.3 is 4.87 Å². The zero-order valence-electron chi connectivity index (χ0n) is 21.7. The Morgan fingerprint density at radius 1 is 0.902 bits per heavy atom. The van der Waals surface area contributed by atoms with E-state index in [1.807, 2.05) is 66.7 Å². The number of thiazole rings is 1. The SMILES string of the molecule is O=C1C2C(C(=O)N1c1ccccc1)[C@@H]1C[C@H]2C2Sc3[nH]c(=O)sc3C(c3ccc(OCc4cccc(Cl)c4)cc3)C21. The molecule has 41 heavy (non-hydrogen) atoms. The van der Waals surface area contributed by atoms with Gasteiger partial charge in [-0.3, -0.25) is 19.3 Å². The molecule has 3 heterocycles. The smallest absolute Gasteiger partial charge is 0.305 e. The number of imide groups is 1. The predicted octanol–water partition coefficient (Wildman–Crippen LogP) is 6.35. The average molecular weight is 601 g/mol. The highest BCUT2D eigenvalue weighted by molar-refractivity contribution is 8.00. The molecule has 3 fully saturated rings. The second-order valence-electron chi connectivity index (χ2n) is 11.3. The van der Waals surface area contributed by atoms with Gasteiger partial charge in [0.2, 0.25) is 11.8 Å². The van der Waals surface area contributed by atoms with Gasteiger partial charge in [0, 0.05) is 21.1 Å². The summed E-state index contributed by atoms with van der Waals surface area (Å²) in [6.07, 6.45) is 0.869. The van der Waals surface area contributed by atoms with Crippen LogP contribution in [0.15, 0.2) is 88.7 Å². The van der Waals surface area contributed by atoms with E-state index >= 15 is 0 Å². The maximum Gasteiger partial charge on any atom is 0.305 e. The van der Waals surface area contributed by atoms with Gasteiger partial charge < -0.3 is 9.72 Å². The van der Waals surface area contributed by atoms with Crippen LogP contribution in [0.4, 0.5) is 5.69 Å². The Kier molecular flexibility index (Phi) is 5.95. The van der Waals surface area contributed by atoms with Gasteiger partial charge in [0.05, 0.1) is 22.5 Å². The predicted molar refractivity (Wildman–Crippen MR) is 160 cm³/mol. The number of carbonyl (C=O) groups excluding carboxylic acids is 2. The molecule has 7 atom stereocenters. The van der Waals surface area contributed by atoms with E-state index in [1.54, 1.807) is 11.8 Å². The summed E-state index contributed by atoms with van der Waals surface area (Å²) in [5, 5.41) is 1.75. The van der Waals surface area contributed by atoms with Crippen molar-refractivity contribution in [1.29, 1.82) is 0 Å². The highest BCUT2D eigenvalue weighted by Crippen LogP contribution is 2.68. The lowest BCUT2D eigenvalue weighted by molar-refractivity contribution is -0.123. The Hall–Kier alpha value is -3.33. The number of aromatic nitrogens is 1. The molecule has 8 rings (SSSR count). The molecule has 0 radical (unpaired) electrons. The molecule has 0 spiro atoms. The number of H-pyrrole nitrogens is 1. The number of hydrogen-bond donors (Lipinski definition) is 1. The average Bonchev–Trinajstić information content (AvgIpc) is 3.71. The molecular weight excluding hydrogens is 576 g/mol. The summed E-state index contributed by atoms with van der Waals surface area (Å²) < 4.78 is 6.03. The third-order valence-electron chi connectivity index (χ3n) is 9.27. The van der Waals surface area contributed by atoms with E-state index in [9.17, 15) is 14.4 Å². The summed E-state index contributed by atoms with van der Waals surface area (Å²) in [7, 11) is 0. The number of para-hydroxylation sites is 1. The van der Waals surface area contributed by atoms with E-state index in [4.69, 9.17) is 16.3 Å². The number of nitrogens with one attached hydrogen (secondary N) is 1. The molecule has 1 saturated heterocycles. The molecule has 2 saturated carbocycles. The van der Waals surface area contributed by atoms with E-state index in [0.29, 0.717) is 17.3 Å². The van der Waals surface area contributed by atoms with Crippen LogP contribution in [0.3, 0.4) is 0 Å². The van der Waals surface area contributed by atoms with Crippen LogP contribution < -0.4 is 14.5 Å². The summed E-state index contributed by atoms with van der Waals surface area (Å²) in [6, 6.07) is 25.0. The Morgan fingerprint density at radius 3 is 2.41 bits per heavy atom. The van der Waals surface area contributed by atoms with Crippen LogP contribution in [-0.2, 0) is 16.2 Å². The fourth-order valence-electron chi connectivity index (χ4n) is 7.79. The minimum absolute atomic E-state index is 0.0215. The molecule has 206 valence electrons. The van der Waals surface area contributed by atoms with Crippen LogP contribution in [0.5, 0.6) is 5.75 Å². The lowest BCUT2D eigenvalue weighted by Gasteiger charge is -2.43. The van der Waals surface area contributed by atoms with E-state index in [2.05, 4.69) is 17.1 Å². The maximum atomic E-state index is 13.8. The van der Waals surface area contributed by atoms with Gasteiger partial charge in [0.15, 0.2) is 0 Å². The fourth-order valence-corrected chi connectivity index (χ4v) is 10.9. The summed E-state index contributed by atoms with van der Waals surface area (Å²) in [5.41, 5.74) is 2.75. The Bertz CT molecular complexity index is 1740. The second-order valence-corrected chi connectivity index (χ2v) is 13.9. The second kappa shape index (κ2) is 9.61. The minimum Gasteiger partial charge on any atom is -0.489 e. The lowest BCUT2D eigenvalue weighted by Crippen LogP contribution is -2.42. The molecule has 9 heteroatoms. The van der Waals surface area contributed by atoms with Gasteiger partial charge in [0.1, 0.15) is 12.4 Å². The van der Waals surface area contributed by atoms with Crippen LogP contribution in [0, 0.1) is 29.6 Å². The molecule has 4 aliphatic rings. The van der Waals surface area contributed by atoms with Gasteiger partial charge in [-0.25, -0.2) is 0 Å². The maximum absolute atomic E-state index is 13.8. The number of hydrogen-bond acceptors (Lipinski definition) is 6. The van der Waals surface area contributed by atoms with Crippen molar-refractivity contribution in [2.45, 2.75) is 29.2 Å². The van der Waals surface area contributed by atoms with Crippen LogP contribution in [-0.4, -0.2) is 22.0 Å². The molecule has 2 amide bonds. The molecule has 1 N–H and O–H groups in total. The Labute approximate surface area is 249 Å². The molecule has 4 aromatic rings. The van der Waals surface area contributed by atoms with Crippen LogP contribution in [0.25, 0.3) is 0 Å². The molecule has 2 aliphatic heterocycles. The van der Waals surface area contributed by atoms with Crippen molar-refractivity contribution < 1.29 is 14.3 Å². The minimum atomic E-state index is -0.311. The number of fused-ring (bicyclic) bond motifs is 9. The fraction of sp³-hybridized carbons (Fsp3) is 0.281. The number of aromatic amines is 1. The number of ether oxygens (including phenoxy) is 1. The normalized spacial score (nSPS) is 29.4. The first-order valence-electron chi connectivity index (χ1n) is 13.8. The summed E-state index contributed by atoms with van der Waals surface area (Å²) in [4.78, 5) is 45.5. The monoisotopic (exact) mass is 600 g/mol. The van der Waals surface area contributed by atoms with Crippen molar-refractivity contribution in [3.63, 3.8) is 0 Å². The van der Waals surface area contributed by atoms with Crippen molar-refractivity contribution in [3.05, 3.63) is 110 Å². The number of thioether (sulfide) groups is 1. The molecule has 5 unspecified atom stereocenters. The third kappa shape index (κ3) is 3.95. The van der Waals surface area contributed by atoms with Crippen LogP contribution in [0.1, 0.15) is 28.3 Å². The van der Waals surface area contributed by atoms with Gasteiger partial charge in [-0.05, 0) is 71.7 Å². The summed E-state index contributed by atoms with van der Waals surface area (Å²) >= 11 is 9.09. The largest absolute Gasteiger partial charge is 0.489 e. The first-order valence-corrected chi connectivity index (χ1v) is 15.8. The van der Waals surface area contributed by atoms with Crippen LogP contribution >= 0.6 is 34.7 Å². The van der Waals surface area contributed by atoms with Gasteiger partial charge in [-0.15, -0.1) is 11.8 Å². The van der Waals surface area contributed by atoms with Crippen molar-refractivity contribution >= 4 is 52.2 Å². The highest BCUT2D eigenvalue weighted by atomic mass is 35.5. The van der Waals surface area contributed by atoms with Crippen LogP contribution in [0.2, 0.25) is 5.02 Å². The highest BCUT2D eigenvalue weighted by Gasteiger charge is 2.69. The molecule has 2 bridgehead atoms. The number of nitrogens with zero attached hydrogens (tertiary/aromatic N) is 1. The standard InChI is InChI=1S/C32H25ClN2O4S2/c33-18-6-4-5-16(13-18)15-39-20-11-9-17(10-12-20)23-24-21-14-22(27(24)40-29-28(23)41-32(38)34-29)26-25(21)30(36)35(31(26)37)19-7-2-1-3-8-19/h1-13,21-27H,14-15H2,(H,34,38)/t21-,22-,23?,24?,25?,26?,27?/m1/s1. The van der Waals surface area contributed by atoms with Gasteiger partial charge in [-0.2, -0.15) is 0 Å². The zero-order chi connectivity index (χ0) is 27.8. The lowest BCUT2D eigenvalue weighted by atomic mass is 9.68. The first kappa shape index (κ1) is 25.4. The van der Waals surface area contributed by atoms with Crippen molar-refractivity contribution in [2.24, 2.45) is 29.6 Å². The topological polar surface area (TPSA) is 79.5 Å². The van der Waals surface area contributed by atoms with Gasteiger partial charge in [0.25, 0.3) is 0 Å². The number of carbonyl (C=O) groups is 2. The Morgan fingerprint density at radius 2 is 1.66 bits per heavy atom. The summed E-state index contributed by atoms with van der Waals surface area (Å²) in [6.45, 7) is 0.412. The van der Waals surface area contributed by atoms with Crippen molar-refractivity contribution in [3.8, 4) is 5.75 Å². The van der Waals surface area contributed by atoms with E-state index in [0.717, 1.165) is 33.2 Å². The number of halogens is 1. The van der Waals surface area contributed by atoms with E-state index in [1.165, 1.54) is 16.2 Å². The van der Waals surface area contributed by atoms with Crippen molar-refractivity contribution in [1.82, 2.24) is 4.98 Å². The van der Waals surface area contributed by atoms with E-state index < -0.39 is 0 Å². The zero-order valence-corrected chi connectivity index (χ0v) is 24.1. The Balaban J connectivity index is 1.12. The van der Waals surface area contributed by atoms with E-state index in [-0.39, 0.29) is 57.4 Å². The molecule has 3 aromatic carbocycles. The molecule has 1 aromatic heterocycles. The van der Waals surface area contributed by atoms with Gasteiger partial charge in [-0.1, -0.05) is 65.4 Å². The number of amides is 2. The number of rotatable bonds is 5. The quantitative estimate of drug-likeness (QED) is 0.270. The molecule has 2 aliphatic carbocycles. The number of anilines is 1. The van der Waals surface area contributed by atoms with Crippen molar-refractivity contribution in [2.75, 3.05) is 4.90 Å². The summed E-state index contributed by atoms with van der Waals surface area (Å²) in [5.74, 6) is 0.333. The number of benzene rings is 3.